The van der Waals surface area contributed by atoms with E-state index in [1.807, 2.05) is 0 Å². The van der Waals surface area contributed by atoms with Crippen LogP contribution >= 0.6 is 11.6 Å². The number of nitrogens with zero attached hydrogens (tertiary/aromatic N) is 2. The Kier molecular flexibility index (Phi) is 6.44. The van der Waals surface area contributed by atoms with Gasteiger partial charge in [0, 0.05) is 19.4 Å². The zero-order valence-corrected chi connectivity index (χ0v) is 17.1. The first-order valence-corrected chi connectivity index (χ1v) is 9.34. The fourth-order valence-corrected chi connectivity index (χ4v) is 3.00. The van der Waals surface area contributed by atoms with Crippen LogP contribution in [0.1, 0.15) is 13.8 Å². The van der Waals surface area contributed by atoms with E-state index in [2.05, 4.69) is 0 Å². The summed E-state index contributed by atoms with van der Waals surface area (Å²) in [5, 5.41) is 20.9. The summed E-state index contributed by atoms with van der Waals surface area (Å²) in [6.07, 6.45) is 0. The predicted molar refractivity (Wildman–Crippen MR) is 110 cm³/mol. The Morgan fingerprint density at radius 2 is 1.77 bits per heavy atom. The number of benzene rings is 2. The summed E-state index contributed by atoms with van der Waals surface area (Å²) in [7, 11) is 0. The van der Waals surface area contributed by atoms with Gasteiger partial charge >= 0.3 is 17.9 Å². The van der Waals surface area contributed by atoms with Crippen molar-refractivity contribution in [2.24, 2.45) is 0 Å². The molecular formula is C20H16ClN2O8-. The highest BCUT2D eigenvalue weighted by Crippen LogP contribution is 2.44. The molecule has 162 valence electrons. The molecule has 1 N–H and O–H groups in total. The Hall–Kier alpha value is -3.60. The van der Waals surface area contributed by atoms with E-state index in [-0.39, 0.29) is 28.1 Å². The summed E-state index contributed by atoms with van der Waals surface area (Å²) >= 11 is 5.46. The second kappa shape index (κ2) is 9.04. The summed E-state index contributed by atoms with van der Waals surface area (Å²) in [5.74, 6) is -3.13. The molecule has 0 aliphatic carbocycles. The Labute approximate surface area is 180 Å². The number of alkyl halides is 1. The highest BCUT2D eigenvalue weighted by Gasteiger charge is 2.26. The third kappa shape index (κ3) is 4.61. The van der Waals surface area contributed by atoms with E-state index in [4.69, 9.17) is 25.9 Å². The highest BCUT2D eigenvalue weighted by molar-refractivity contribution is 6.26. The molecule has 0 atom stereocenters. The molecule has 0 saturated carbocycles. The van der Waals surface area contributed by atoms with Crippen molar-refractivity contribution in [3.05, 3.63) is 47.7 Å². The summed E-state index contributed by atoms with van der Waals surface area (Å²) in [5.41, 5.74) is 0.315. The maximum atomic E-state index is 11.8. The Balaban J connectivity index is 2.42. The molecule has 0 fully saturated rings. The number of aromatic nitrogens is 1. The number of anilines is 1. The molecule has 3 aromatic rings. The van der Waals surface area contributed by atoms with Gasteiger partial charge < -0.3 is 24.7 Å². The van der Waals surface area contributed by atoms with Crippen molar-refractivity contribution in [2.75, 3.05) is 11.1 Å². The molecule has 0 spiro atoms. The van der Waals surface area contributed by atoms with E-state index >= 15 is 0 Å². The molecule has 0 amide bonds. The number of hydrogen-bond donors (Lipinski definition) is 1. The van der Waals surface area contributed by atoms with Crippen LogP contribution in [0.5, 0.6) is 11.5 Å². The van der Waals surface area contributed by atoms with Gasteiger partial charge in [0.2, 0.25) is 0 Å². The van der Waals surface area contributed by atoms with Gasteiger partial charge in [-0.15, -0.1) is 11.6 Å². The lowest BCUT2D eigenvalue weighted by Gasteiger charge is -2.24. The number of fused-ring (bicyclic) bond motifs is 1. The van der Waals surface area contributed by atoms with E-state index in [0.717, 1.165) is 17.7 Å². The molecular weight excluding hydrogens is 432 g/mol. The minimum Gasteiger partial charge on any atom is -0.733 e. The third-order valence-electron chi connectivity index (χ3n) is 4.01. The molecule has 0 saturated heterocycles. The third-order valence-corrected chi connectivity index (χ3v) is 4.23. The molecule has 3 rings (SSSR count). The molecule has 0 bridgehead atoms. The molecule has 2 aromatic carbocycles. The van der Waals surface area contributed by atoms with Crippen LogP contribution < -0.4 is 19.5 Å². The summed E-state index contributed by atoms with van der Waals surface area (Å²) in [6.45, 7) is 2.34. The molecule has 0 radical (unpaired) electrons. The van der Waals surface area contributed by atoms with Gasteiger partial charge in [-0.2, -0.15) is 4.73 Å². The van der Waals surface area contributed by atoms with Gasteiger partial charge in [-0.3, -0.25) is 14.8 Å². The van der Waals surface area contributed by atoms with Gasteiger partial charge in [0.15, 0.2) is 11.5 Å². The van der Waals surface area contributed by atoms with Crippen molar-refractivity contribution in [3.63, 3.8) is 0 Å². The summed E-state index contributed by atoms with van der Waals surface area (Å²) in [4.78, 5) is 40.6. The maximum absolute atomic E-state index is 11.8. The zero-order valence-electron chi connectivity index (χ0n) is 16.3. The fraction of sp³-hybridized carbons (Fsp3) is 0.150. The molecule has 0 aliphatic rings. The van der Waals surface area contributed by atoms with Gasteiger partial charge in [0.25, 0.3) is 0 Å². The lowest BCUT2D eigenvalue weighted by atomic mass is 10.1. The lowest BCUT2D eigenvalue weighted by Crippen LogP contribution is -2.18. The smallest absolute Gasteiger partial charge is 0.329 e. The monoisotopic (exact) mass is 447 g/mol. The van der Waals surface area contributed by atoms with Gasteiger partial charge in [-0.25, -0.2) is 4.79 Å². The largest absolute Gasteiger partial charge is 0.733 e. The van der Waals surface area contributed by atoms with Crippen molar-refractivity contribution in [1.82, 2.24) is 4.73 Å². The first-order chi connectivity index (χ1) is 14.7. The van der Waals surface area contributed by atoms with E-state index < -0.39 is 34.7 Å². The topological polar surface area (TPSA) is 130 Å². The molecule has 0 aliphatic heterocycles. The molecule has 0 unspecified atom stereocenters. The number of carbonyl (C=O) groups is 3. The van der Waals surface area contributed by atoms with E-state index in [0.29, 0.717) is 5.56 Å². The first-order valence-electron chi connectivity index (χ1n) is 8.81. The molecule has 10 nitrogen and oxygen atoms in total. The van der Waals surface area contributed by atoms with Gasteiger partial charge in [-0.05, 0) is 12.1 Å². The Bertz CT molecular complexity index is 1160. The lowest BCUT2D eigenvalue weighted by molar-refractivity contribution is -0.140. The van der Waals surface area contributed by atoms with Crippen LogP contribution in [-0.4, -0.2) is 33.7 Å². The molecule has 1 heterocycles. The molecule has 11 heteroatoms. The standard InChI is InChI=1S/C20H16ClN2O8/c1-11(24)29-20-14-8-17(30-18(26)10-21)16(23(27)28)9-15(14)22(31-12(2)25)19(20)13-6-4-3-5-7-13/h3-9,27H,10H2,1-2H3/q-1. The normalized spacial score (nSPS) is 10.6. The second-order valence-electron chi connectivity index (χ2n) is 6.23. The predicted octanol–water partition coefficient (Wildman–Crippen LogP) is 3.05. The SMILES string of the molecule is CC(=O)Oc1c(-c2ccccc2)n(OC(C)=O)c2cc(N([O-])O)c(OC(=O)CCl)cc12. The van der Waals surface area contributed by atoms with E-state index in [1.54, 1.807) is 30.3 Å². The summed E-state index contributed by atoms with van der Waals surface area (Å²) < 4.78 is 11.5. The maximum Gasteiger partial charge on any atom is 0.329 e. The van der Waals surface area contributed by atoms with Crippen molar-refractivity contribution in [1.29, 1.82) is 0 Å². The number of ether oxygens (including phenoxy) is 2. The van der Waals surface area contributed by atoms with E-state index in [1.165, 1.54) is 13.0 Å². The van der Waals surface area contributed by atoms with Crippen molar-refractivity contribution < 1.29 is 33.9 Å². The summed E-state index contributed by atoms with van der Waals surface area (Å²) in [6, 6.07) is 10.9. The van der Waals surface area contributed by atoms with Crippen LogP contribution in [0.15, 0.2) is 42.5 Å². The van der Waals surface area contributed by atoms with Crippen LogP contribution in [0, 0.1) is 5.21 Å². The molecule has 1 aromatic heterocycles. The Morgan fingerprint density at radius 1 is 1.10 bits per heavy atom. The average molecular weight is 448 g/mol. The van der Waals surface area contributed by atoms with Gasteiger partial charge in [0.05, 0.1) is 16.6 Å². The van der Waals surface area contributed by atoms with E-state index in [9.17, 15) is 24.8 Å². The number of halogens is 1. The number of hydrogen-bond acceptors (Lipinski definition) is 9. The minimum atomic E-state index is -0.888. The van der Waals surface area contributed by atoms with Gasteiger partial charge in [-0.1, -0.05) is 30.3 Å². The van der Waals surface area contributed by atoms with Crippen molar-refractivity contribution in [2.45, 2.75) is 13.8 Å². The average Bonchev–Trinajstić information content (AvgIpc) is 2.99. The van der Waals surface area contributed by atoms with Crippen LogP contribution in [-0.2, 0) is 14.4 Å². The highest BCUT2D eigenvalue weighted by atomic mass is 35.5. The Morgan fingerprint density at radius 3 is 2.32 bits per heavy atom. The van der Waals surface area contributed by atoms with Crippen LogP contribution in [0.2, 0.25) is 0 Å². The zero-order chi connectivity index (χ0) is 22.7. The fourth-order valence-electron chi connectivity index (χ4n) is 2.94. The minimum absolute atomic E-state index is 0.0138. The number of carbonyl (C=O) groups excluding carboxylic acids is 3. The van der Waals surface area contributed by atoms with Crippen molar-refractivity contribution in [3.8, 4) is 22.8 Å². The van der Waals surface area contributed by atoms with Crippen LogP contribution in [0.4, 0.5) is 5.69 Å². The molecule has 31 heavy (non-hydrogen) atoms. The second-order valence-corrected chi connectivity index (χ2v) is 6.50. The van der Waals surface area contributed by atoms with Crippen LogP contribution in [0.3, 0.4) is 0 Å². The first kappa shape index (κ1) is 22.1. The number of rotatable bonds is 6. The van der Waals surface area contributed by atoms with Crippen LogP contribution in [0.25, 0.3) is 22.2 Å². The number of esters is 2. The van der Waals surface area contributed by atoms with Gasteiger partial charge in [0.1, 0.15) is 11.6 Å². The van der Waals surface area contributed by atoms with Crippen molar-refractivity contribution >= 4 is 46.1 Å². The quantitative estimate of drug-likeness (QED) is 0.262.